The van der Waals surface area contributed by atoms with Crippen LogP contribution >= 0.6 is 0 Å². The van der Waals surface area contributed by atoms with Gasteiger partial charge < -0.3 is 15.2 Å². The van der Waals surface area contributed by atoms with Gasteiger partial charge in [-0.25, -0.2) is 23.1 Å². The number of carbonyl (C=O) groups is 2. The van der Waals surface area contributed by atoms with Gasteiger partial charge in [0, 0.05) is 5.92 Å². The molecule has 0 aliphatic heterocycles. The smallest absolute Gasteiger partial charge is 0.407 e. The van der Waals surface area contributed by atoms with Gasteiger partial charge in [0.2, 0.25) is 10.0 Å². The van der Waals surface area contributed by atoms with Crippen molar-refractivity contribution in [3.8, 4) is 11.1 Å². The minimum Gasteiger partial charge on any atom is -0.480 e. The fraction of sp³-hybridized carbons (Fsp3) is 0.263. The standard InChI is InChI=1S/C19H20N2O6S/c20-28(25,26)10-9-17(18(22)23)21-19(24)27-11-16-14-7-3-1-5-12(14)13-6-2-4-8-15(13)16/h1-8,16-17H,9-11H2,(H,21,24)(H,22,23)(H2,20,25,26). The van der Waals surface area contributed by atoms with Gasteiger partial charge in [-0.05, 0) is 28.7 Å². The minimum absolute atomic E-state index is 0.0292. The second-order valence-corrected chi connectivity index (χ2v) is 8.25. The lowest BCUT2D eigenvalue weighted by Crippen LogP contribution is -2.42. The molecule has 2 aromatic rings. The first-order valence-electron chi connectivity index (χ1n) is 8.61. The largest absolute Gasteiger partial charge is 0.480 e. The van der Waals surface area contributed by atoms with Gasteiger partial charge in [-0.2, -0.15) is 0 Å². The Bertz CT molecular complexity index is 959. The molecule has 1 aliphatic carbocycles. The third kappa shape index (κ3) is 4.49. The SMILES string of the molecule is NS(=O)(=O)CCC(NC(=O)OCC1c2ccccc2-c2ccccc21)C(=O)O. The number of carboxylic acids is 1. The van der Waals surface area contributed by atoms with Crippen molar-refractivity contribution >= 4 is 22.1 Å². The van der Waals surface area contributed by atoms with E-state index < -0.39 is 33.9 Å². The molecule has 0 saturated carbocycles. The molecule has 1 aliphatic rings. The van der Waals surface area contributed by atoms with E-state index in [0.29, 0.717) is 0 Å². The molecule has 0 radical (unpaired) electrons. The van der Waals surface area contributed by atoms with Crippen molar-refractivity contribution in [2.75, 3.05) is 12.4 Å². The van der Waals surface area contributed by atoms with E-state index in [4.69, 9.17) is 15.0 Å². The molecule has 0 spiro atoms. The molecule has 1 atom stereocenters. The Morgan fingerprint density at radius 2 is 1.61 bits per heavy atom. The van der Waals surface area contributed by atoms with E-state index >= 15 is 0 Å². The number of aliphatic carboxylic acids is 1. The van der Waals surface area contributed by atoms with E-state index in [1.54, 1.807) is 0 Å². The van der Waals surface area contributed by atoms with Crippen LogP contribution in [0.4, 0.5) is 4.79 Å². The highest BCUT2D eigenvalue weighted by molar-refractivity contribution is 7.89. The number of benzene rings is 2. The van der Waals surface area contributed by atoms with Crippen LogP contribution in [-0.2, 0) is 19.6 Å². The molecule has 2 aromatic carbocycles. The van der Waals surface area contributed by atoms with E-state index in [9.17, 15) is 18.0 Å². The summed E-state index contributed by atoms with van der Waals surface area (Å²) in [5.41, 5.74) is 4.20. The number of nitrogens with two attached hydrogens (primary N) is 1. The average Bonchev–Trinajstić information content (AvgIpc) is 2.96. The zero-order valence-corrected chi connectivity index (χ0v) is 15.7. The molecule has 4 N–H and O–H groups in total. The number of primary sulfonamides is 1. The summed E-state index contributed by atoms with van der Waals surface area (Å²) in [6.45, 7) is 0.0292. The number of sulfonamides is 1. The molecule has 0 aromatic heterocycles. The van der Waals surface area contributed by atoms with Crippen LogP contribution in [0.2, 0.25) is 0 Å². The maximum absolute atomic E-state index is 12.1. The van der Waals surface area contributed by atoms with Gasteiger partial charge in [0.1, 0.15) is 12.6 Å². The molecule has 1 unspecified atom stereocenters. The monoisotopic (exact) mass is 404 g/mol. The van der Waals surface area contributed by atoms with Crippen LogP contribution in [0.5, 0.6) is 0 Å². The molecule has 0 fully saturated rings. The third-order valence-electron chi connectivity index (χ3n) is 4.62. The highest BCUT2D eigenvalue weighted by Crippen LogP contribution is 2.44. The van der Waals surface area contributed by atoms with Crippen LogP contribution in [0.25, 0.3) is 11.1 Å². The summed E-state index contributed by atoms with van der Waals surface area (Å²) in [6.07, 6.45) is -1.28. The van der Waals surface area contributed by atoms with E-state index in [1.165, 1.54) is 0 Å². The van der Waals surface area contributed by atoms with Crippen molar-refractivity contribution < 1.29 is 27.9 Å². The van der Waals surface area contributed by atoms with E-state index in [-0.39, 0.29) is 18.9 Å². The normalized spacial score (nSPS) is 14.0. The fourth-order valence-electron chi connectivity index (χ4n) is 3.32. The van der Waals surface area contributed by atoms with Gasteiger partial charge in [-0.1, -0.05) is 48.5 Å². The maximum Gasteiger partial charge on any atom is 0.407 e. The Hall–Kier alpha value is -2.91. The first-order chi connectivity index (χ1) is 13.3. The Labute approximate surface area is 162 Å². The Morgan fingerprint density at radius 1 is 1.07 bits per heavy atom. The minimum atomic E-state index is -3.84. The number of nitrogens with one attached hydrogen (secondary N) is 1. The number of fused-ring (bicyclic) bond motifs is 3. The van der Waals surface area contributed by atoms with Crippen molar-refractivity contribution in [1.82, 2.24) is 5.32 Å². The molecule has 9 heteroatoms. The van der Waals surface area contributed by atoms with Crippen molar-refractivity contribution in [3.05, 3.63) is 59.7 Å². The third-order valence-corrected chi connectivity index (χ3v) is 5.43. The number of rotatable bonds is 7. The van der Waals surface area contributed by atoms with Gasteiger partial charge in [0.25, 0.3) is 0 Å². The number of ether oxygens (including phenoxy) is 1. The number of alkyl carbamates (subject to hydrolysis) is 1. The van der Waals surface area contributed by atoms with Crippen LogP contribution in [0.15, 0.2) is 48.5 Å². The average molecular weight is 404 g/mol. The fourth-order valence-corrected chi connectivity index (χ4v) is 3.89. The van der Waals surface area contributed by atoms with E-state index in [2.05, 4.69) is 5.32 Å². The zero-order chi connectivity index (χ0) is 20.3. The number of hydrogen-bond donors (Lipinski definition) is 3. The van der Waals surface area contributed by atoms with E-state index in [1.807, 2.05) is 48.5 Å². The summed E-state index contributed by atoms with van der Waals surface area (Å²) in [4.78, 5) is 23.3. The summed E-state index contributed by atoms with van der Waals surface area (Å²) in [5.74, 6) is -2.09. The second kappa shape index (κ2) is 7.99. The number of hydrogen-bond acceptors (Lipinski definition) is 5. The molecule has 148 valence electrons. The summed E-state index contributed by atoms with van der Waals surface area (Å²) in [6, 6.07) is 14.2. The van der Waals surface area contributed by atoms with Crippen LogP contribution in [-0.4, -0.2) is 44.0 Å². The van der Waals surface area contributed by atoms with Crippen molar-refractivity contribution in [2.24, 2.45) is 5.14 Å². The Kier molecular flexibility index (Phi) is 5.66. The first kappa shape index (κ1) is 19.8. The second-order valence-electron chi connectivity index (χ2n) is 6.52. The maximum atomic E-state index is 12.1. The van der Waals surface area contributed by atoms with Crippen molar-refractivity contribution in [1.29, 1.82) is 0 Å². The Morgan fingerprint density at radius 3 is 2.11 bits per heavy atom. The molecular weight excluding hydrogens is 384 g/mol. The first-order valence-corrected chi connectivity index (χ1v) is 10.3. The lowest BCUT2D eigenvalue weighted by molar-refractivity contribution is -0.139. The van der Waals surface area contributed by atoms with Crippen LogP contribution < -0.4 is 10.5 Å². The number of carbonyl (C=O) groups excluding carboxylic acids is 1. The summed E-state index contributed by atoms with van der Waals surface area (Å²) in [7, 11) is -3.84. The van der Waals surface area contributed by atoms with Crippen molar-refractivity contribution in [2.45, 2.75) is 18.4 Å². The molecule has 0 bridgehead atoms. The van der Waals surface area contributed by atoms with Crippen LogP contribution in [0.1, 0.15) is 23.5 Å². The molecule has 8 nitrogen and oxygen atoms in total. The molecule has 0 saturated heterocycles. The highest BCUT2D eigenvalue weighted by Gasteiger charge is 2.29. The summed E-state index contributed by atoms with van der Waals surface area (Å²) in [5, 5.41) is 16.2. The molecular formula is C19H20N2O6S. The number of amides is 1. The molecule has 3 rings (SSSR count). The van der Waals surface area contributed by atoms with Gasteiger partial charge in [-0.3, -0.25) is 0 Å². The van der Waals surface area contributed by atoms with E-state index in [0.717, 1.165) is 22.3 Å². The molecule has 0 heterocycles. The zero-order valence-electron chi connectivity index (χ0n) is 14.9. The van der Waals surface area contributed by atoms with Crippen molar-refractivity contribution in [3.63, 3.8) is 0 Å². The van der Waals surface area contributed by atoms with Crippen LogP contribution in [0.3, 0.4) is 0 Å². The Balaban J connectivity index is 1.66. The topological polar surface area (TPSA) is 136 Å². The highest BCUT2D eigenvalue weighted by atomic mass is 32.2. The lowest BCUT2D eigenvalue weighted by Gasteiger charge is -2.17. The molecule has 28 heavy (non-hydrogen) atoms. The van der Waals surface area contributed by atoms with Gasteiger partial charge in [-0.15, -0.1) is 0 Å². The number of carboxylic acid groups (broad SMARTS) is 1. The predicted molar refractivity (Wildman–Crippen MR) is 102 cm³/mol. The quantitative estimate of drug-likeness (QED) is 0.642. The lowest BCUT2D eigenvalue weighted by atomic mass is 9.98. The summed E-state index contributed by atoms with van der Waals surface area (Å²) < 4.78 is 27.3. The predicted octanol–water partition coefficient (Wildman–Crippen LogP) is 1.66. The molecule has 1 amide bonds. The van der Waals surface area contributed by atoms with Gasteiger partial charge >= 0.3 is 12.1 Å². The van der Waals surface area contributed by atoms with Crippen LogP contribution in [0, 0.1) is 0 Å². The van der Waals surface area contributed by atoms with Gasteiger partial charge in [0.05, 0.1) is 5.75 Å². The summed E-state index contributed by atoms with van der Waals surface area (Å²) >= 11 is 0. The van der Waals surface area contributed by atoms with Gasteiger partial charge in [0.15, 0.2) is 0 Å².